The lowest BCUT2D eigenvalue weighted by Crippen LogP contribution is -2.56. The van der Waals surface area contributed by atoms with E-state index in [1.165, 1.54) is 5.48 Å². The van der Waals surface area contributed by atoms with E-state index in [4.69, 9.17) is 10.9 Å². The molecule has 10 heteroatoms. The highest BCUT2D eigenvalue weighted by atomic mass is 19.1. The Labute approximate surface area is 157 Å². The van der Waals surface area contributed by atoms with Crippen LogP contribution in [-0.2, 0) is 17.6 Å². The number of amides is 1. The molecule has 28 heavy (non-hydrogen) atoms. The zero-order valence-corrected chi connectivity index (χ0v) is 15.0. The van der Waals surface area contributed by atoms with Crippen molar-refractivity contribution in [3.05, 3.63) is 58.7 Å². The van der Waals surface area contributed by atoms with Gasteiger partial charge in [0.1, 0.15) is 5.54 Å². The van der Waals surface area contributed by atoms with E-state index in [-0.39, 0.29) is 11.1 Å². The van der Waals surface area contributed by atoms with E-state index >= 15 is 0 Å². The Balaban J connectivity index is 2.48. The van der Waals surface area contributed by atoms with Crippen LogP contribution in [0, 0.1) is 23.3 Å². The number of ether oxygens (including phenoxy) is 2. The highest BCUT2D eigenvalue weighted by Crippen LogP contribution is 2.30. The summed E-state index contributed by atoms with van der Waals surface area (Å²) in [5, 5.41) is 9.02. The summed E-state index contributed by atoms with van der Waals surface area (Å²) in [5.74, 6) is -6.64. The van der Waals surface area contributed by atoms with Crippen LogP contribution in [0.5, 0.6) is 11.5 Å². The minimum Gasteiger partial charge on any atom is -0.491 e. The lowest BCUT2D eigenvalue weighted by Gasteiger charge is -2.28. The minimum atomic E-state index is -2.07. The second-order valence-corrected chi connectivity index (χ2v) is 6.06. The van der Waals surface area contributed by atoms with Gasteiger partial charge in [0.05, 0.1) is 14.2 Å². The van der Waals surface area contributed by atoms with Gasteiger partial charge in [0.15, 0.2) is 34.8 Å². The van der Waals surface area contributed by atoms with E-state index in [1.54, 1.807) is 0 Å². The average molecular weight is 402 g/mol. The lowest BCUT2D eigenvalue weighted by molar-refractivity contribution is -0.134. The first kappa shape index (κ1) is 21.5. The maximum Gasteiger partial charge on any atom is 0.264 e. The van der Waals surface area contributed by atoms with Crippen molar-refractivity contribution in [2.45, 2.75) is 18.4 Å². The fraction of sp³-hybridized carbons (Fsp3) is 0.278. The largest absolute Gasteiger partial charge is 0.491 e. The molecule has 0 aliphatic carbocycles. The van der Waals surface area contributed by atoms with Gasteiger partial charge in [-0.2, -0.15) is 0 Å². The van der Waals surface area contributed by atoms with Crippen LogP contribution in [0.1, 0.15) is 11.1 Å². The van der Waals surface area contributed by atoms with E-state index in [2.05, 4.69) is 9.47 Å². The Morgan fingerprint density at radius 1 is 0.964 bits per heavy atom. The molecule has 0 fully saturated rings. The summed E-state index contributed by atoms with van der Waals surface area (Å²) >= 11 is 0. The number of methoxy groups -OCH3 is 2. The molecule has 2 aromatic rings. The molecule has 152 valence electrons. The number of carbonyl (C=O) groups is 1. The molecule has 0 aliphatic rings. The Bertz CT molecular complexity index is 831. The Hall–Kier alpha value is -2.85. The van der Waals surface area contributed by atoms with Crippen LogP contribution in [0.2, 0.25) is 0 Å². The number of hydroxylamine groups is 1. The molecular formula is C18H18F4N2O4. The monoisotopic (exact) mass is 402 g/mol. The summed E-state index contributed by atoms with van der Waals surface area (Å²) < 4.78 is 65.4. The highest BCUT2D eigenvalue weighted by molar-refractivity contribution is 5.86. The van der Waals surface area contributed by atoms with Crippen LogP contribution < -0.4 is 20.7 Å². The molecule has 2 aromatic carbocycles. The van der Waals surface area contributed by atoms with Crippen molar-refractivity contribution >= 4 is 5.91 Å². The number of hydrogen-bond acceptors (Lipinski definition) is 5. The summed E-state index contributed by atoms with van der Waals surface area (Å²) in [6.45, 7) is 0. The van der Waals surface area contributed by atoms with Crippen molar-refractivity contribution in [1.29, 1.82) is 0 Å². The molecule has 0 atom stereocenters. The number of nitrogens with one attached hydrogen (secondary N) is 1. The normalized spacial score (nSPS) is 11.3. The maximum atomic E-state index is 14.5. The lowest BCUT2D eigenvalue weighted by atomic mass is 9.84. The van der Waals surface area contributed by atoms with Gasteiger partial charge in [0, 0.05) is 12.8 Å². The standard InChI is InChI=1S/C18H18F4N2O4/c1-27-15-11(19)5-3-9(13(15)21)7-18(23,17(25)24-26)8-10-4-6-12(20)16(28-2)14(10)22/h3-6,26H,7-8,23H2,1-2H3,(H,24,25). The summed E-state index contributed by atoms with van der Waals surface area (Å²) in [4.78, 5) is 12.2. The molecule has 0 unspecified atom stereocenters. The van der Waals surface area contributed by atoms with E-state index in [9.17, 15) is 22.4 Å². The number of benzene rings is 2. The van der Waals surface area contributed by atoms with E-state index in [0.29, 0.717) is 0 Å². The molecule has 0 radical (unpaired) electrons. The molecule has 4 N–H and O–H groups in total. The van der Waals surface area contributed by atoms with Gasteiger partial charge < -0.3 is 15.2 Å². The van der Waals surface area contributed by atoms with Gasteiger partial charge in [-0.05, 0) is 23.3 Å². The fourth-order valence-corrected chi connectivity index (χ4v) is 2.81. The molecule has 0 heterocycles. The third-order valence-electron chi connectivity index (χ3n) is 4.23. The Morgan fingerprint density at radius 3 is 1.68 bits per heavy atom. The molecule has 6 nitrogen and oxygen atoms in total. The summed E-state index contributed by atoms with van der Waals surface area (Å²) in [6.07, 6.45) is -1.11. The van der Waals surface area contributed by atoms with Crippen molar-refractivity contribution in [3.8, 4) is 11.5 Å². The molecule has 0 bridgehead atoms. The molecule has 0 saturated heterocycles. The van der Waals surface area contributed by atoms with E-state index in [1.807, 2.05) is 0 Å². The van der Waals surface area contributed by atoms with Crippen LogP contribution in [-0.4, -0.2) is 30.9 Å². The average Bonchev–Trinajstić information content (AvgIpc) is 2.66. The summed E-state index contributed by atoms with van der Waals surface area (Å²) in [5.41, 5.74) is 4.90. The van der Waals surface area contributed by atoms with Gasteiger partial charge in [0.2, 0.25) is 0 Å². The van der Waals surface area contributed by atoms with Crippen LogP contribution in [0.15, 0.2) is 24.3 Å². The predicted octanol–water partition coefficient (Wildman–Crippen LogP) is 2.25. The van der Waals surface area contributed by atoms with Gasteiger partial charge >= 0.3 is 0 Å². The quantitative estimate of drug-likeness (QED) is 0.375. The van der Waals surface area contributed by atoms with Gasteiger partial charge in [-0.3, -0.25) is 10.0 Å². The molecule has 0 spiro atoms. The second kappa shape index (κ2) is 8.44. The molecule has 1 amide bonds. The molecule has 0 saturated carbocycles. The fourth-order valence-electron chi connectivity index (χ4n) is 2.81. The number of carbonyl (C=O) groups excluding carboxylic acids is 1. The Kier molecular flexibility index (Phi) is 6.47. The molecule has 0 aromatic heterocycles. The van der Waals surface area contributed by atoms with Crippen molar-refractivity contribution in [1.82, 2.24) is 5.48 Å². The molecule has 0 aliphatic heterocycles. The number of halogens is 4. The zero-order chi connectivity index (χ0) is 21.1. The summed E-state index contributed by atoms with van der Waals surface area (Å²) in [6, 6.07) is 3.91. The number of hydrogen-bond donors (Lipinski definition) is 3. The third-order valence-corrected chi connectivity index (χ3v) is 4.23. The number of nitrogens with two attached hydrogens (primary N) is 1. The minimum absolute atomic E-state index is 0.209. The van der Waals surface area contributed by atoms with Crippen molar-refractivity contribution in [2.24, 2.45) is 5.73 Å². The molecular weight excluding hydrogens is 384 g/mol. The smallest absolute Gasteiger partial charge is 0.264 e. The van der Waals surface area contributed by atoms with Gasteiger partial charge in [0.25, 0.3) is 5.91 Å². The van der Waals surface area contributed by atoms with Crippen LogP contribution >= 0.6 is 0 Å². The first-order chi connectivity index (χ1) is 13.2. The topological polar surface area (TPSA) is 93.8 Å². The van der Waals surface area contributed by atoms with Gasteiger partial charge in [-0.1, -0.05) is 12.1 Å². The van der Waals surface area contributed by atoms with Crippen LogP contribution in [0.25, 0.3) is 0 Å². The van der Waals surface area contributed by atoms with Crippen LogP contribution in [0.4, 0.5) is 17.6 Å². The van der Waals surface area contributed by atoms with Gasteiger partial charge in [-0.15, -0.1) is 0 Å². The van der Waals surface area contributed by atoms with E-state index < -0.39 is 59.1 Å². The van der Waals surface area contributed by atoms with Crippen molar-refractivity contribution in [2.75, 3.05) is 14.2 Å². The summed E-state index contributed by atoms with van der Waals surface area (Å²) in [7, 11) is 2.11. The first-order valence-corrected chi connectivity index (χ1v) is 7.93. The zero-order valence-electron chi connectivity index (χ0n) is 15.0. The maximum absolute atomic E-state index is 14.5. The third kappa shape index (κ3) is 4.02. The SMILES string of the molecule is COc1c(F)ccc(CC(N)(Cc2ccc(F)c(OC)c2F)C(=O)NO)c1F. The van der Waals surface area contributed by atoms with Crippen LogP contribution in [0.3, 0.4) is 0 Å². The Morgan fingerprint density at radius 2 is 1.36 bits per heavy atom. The number of rotatable bonds is 7. The van der Waals surface area contributed by atoms with E-state index in [0.717, 1.165) is 38.5 Å². The van der Waals surface area contributed by atoms with Crippen molar-refractivity contribution in [3.63, 3.8) is 0 Å². The highest BCUT2D eigenvalue weighted by Gasteiger charge is 2.37. The second-order valence-electron chi connectivity index (χ2n) is 6.06. The van der Waals surface area contributed by atoms with Gasteiger partial charge in [-0.25, -0.2) is 23.0 Å². The van der Waals surface area contributed by atoms with Crippen molar-refractivity contribution < 1.29 is 37.0 Å². The predicted molar refractivity (Wildman–Crippen MR) is 90.1 cm³/mol. The molecule has 2 rings (SSSR count). The first-order valence-electron chi connectivity index (χ1n) is 7.93.